The zero-order chi connectivity index (χ0) is 19.9. The molecule has 2 N–H and O–H groups in total. The molecule has 4 rings (SSSR count). The SMILES string of the molecule is C#Cc1ccc(-c2nnc(NC3CC(C)(OC)C3)c3cc(Cl)ccc23)c(O)c1. The Hall–Kier alpha value is -2.81. The number of hydrogen-bond donors (Lipinski definition) is 2. The lowest BCUT2D eigenvalue weighted by Gasteiger charge is -2.44. The number of aromatic nitrogens is 2. The average molecular weight is 394 g/mol. The Balaban J connectivity index is 1.76. The Labute approximate surface area is 168 Å². The van der Waals surface area contributed by atoms with Crippen molar-refractivity contribution < 1.29 is 9.84 Å². The number of nitrogens with one attached hydrogen (secondary N) is 1. The van der Waals surface area contributed by atoms with Crippen LogP contribution in [0.15, 0.2) is 36.4 Å². The first-order valence-electron chi connectivity index (χ1n) is 9.00. The highest BCUT2D eigenvalue weighted by atomic mass is 35.5. The minimum Gasteiger partial charge on any atom is -0.507 e. The lowest BCUT2D eigenvalue weighted by molar-refractivity contribution is -0.0625. The van der Waals surface area contributed by atoms with E-state index in [2.05, 4.69) is 28.4 Å². The molecule has 28 heavy (non-hydrogen) atoms. The third-order valence-electron chi connectivity index (χ3n) is 5.35. The molecular formula is C22H20ClN3O2. The molecule has 0 bridgehead atoms. The summed E-state index contributed by atoms with van der Waals surface area (Å²) in [5.41, 5.74) is 1.66. The number of methoxy groups -OCH3 is 1. The number of anilines is 1. The topological polar surface area (TPSA) is 67.3 Å². The van der Waals surface area contributed by atoms with E-state index in [4.69, 9.17) is 22.8 Å². The maximum Gasteiger partial charge on any atom is 0.156 e. The summed E-state index contributed by atoms with van der Waals surface area (Å²) < 4.78 is 5.52. The molecule has 0 unspecified atom stereocenters. The second-order valence-corrected chi connectivity index (χ2v) is 7.80. The highest BCUT2D eigenvalue weighted by Gasteiger charge is 2.40. The molecule has 0 atom stereocenters. The van der Waals surface area contributed by atoms with Crippen molar-refractivity contribution in [1.29, 1.82) is 0 Å². The summed E-state index contributed by atoms with van der Waals surface area (Å²) in [6.45, 7) is 2.09. The predicted octanol–water partition coefficient (Wildman–Crippen LogP) is 4.62. The van der Waals surface area contributed by atoms with E-state index in [1.165, 1.54) is 0 Å². The number of phenols is 1. The fourth-order valence-corrected chi connectivity index (χ4v) is 3.87. The first kappa shape index (κ1) is 18.5. The minimum atomic E-state index is -0.0942. The molecule has 1 saturated carbocycles. The molecule has 6 heteroatoms. The van der Waals surface area contributed by atoms with Crippen LogP contribution in [0.5, 0.6) is 5.75 Å². The second kappa shape index (κ2) is 6.97. The third-order valence-corrected chi connectivity index (χ3v) is 5.59. The van der Waals surface area contributed by atoms with Gasteiger partial charge in [0.1, 0.15) is 11.4 Å². The molecule has 2 aromatic carbocycles. The Morgan fingerprint density at radius 2 is 2.00 bits per heavy atom. The van der Waals surface area contributed by atoms with Crippen molar-refractivity contribution in [3.05, 3.63) is 47.0 Å². The van der Waals surface area contributed by atoms with E-state index in [-0.39, 0.29) is 17.4 Å². The van der Waals surface area contributed by atoms with E-state index in [0.717, 1.165) is 23.6 Å². The molecule has 0 radical (unpaired) electrons. The standard InChI is InChI=1S/C22H20ClN3O2/c1-4-13-5-7-17(19(27)9-13)20-16-8-6-14(23)10-18(16)21(26-25-20)24-15-11-22(2,12-15)28-3/h1,5-10,15,27H,11-12H2,2-3H3,(H,24,26). The molecule has 142 valence electrons. The number of benzene rings is 2. The van der Waals surface area contributed by atoms with Gasteiger partial charge in [-0.25, -0.2) is 0 Å². The summed E-state index contributed by atoms with van der Waals surface area (Å²) in [4.78, 5) is 0. The Morgan fingerprint density at radius 1 is 1.21 bits per heavy atom. The van der Waals surface area contributed by atoms with Crippen LogP contribution in [0.2, 0.25) is 5.02 Å². The number of fused-ring (bicyclic) bond motifs is 1. The van der Waals surface area contributed by atoms with Gasteiger partial charge in [-0.3, -0.25) is 0 Å². The molecule has 0 amide bonds. The molecule has 1 heterocycles. The van der Waals surface area contributed by atoms with Crippen LogP contribution in [0.3, 0.4) is 0 Å². The summed E-state index contributed by atoms with van der Waals surface area (Å²) >= 11 is 6.24. The minimum absolute atomic E-state index is 0.0663. The number of ether oxygens (including phenoxy) is 1. The van der Waals surface area contributed by atoms with Crippen LogP contribution >= 0.6 is 11.6 Å². The van der Waals surface area contributed by atoms with Gasteiger partial charge in [-0.2, -0.15) is 0 Å². The van der Waals surface area contributed by atoms with Crippen molar-refractivity contribution in [2.45, 2.75) is 31.4 Å². The van der Waals surface area contributed by atoms with Gasteiger partial charge < -0.3 is 15.2 Å². The van der Waals surface area contributed by atoms with Crippen LogP contribution in [0.4, 0.5) is 5.82 Å². The van der Waals surface area contributed by atoms with Crippen LogP contribution in [0.1, 0.15) is 25.3 Å². The Bertz CT molecular complexity index is 1100. The third kappa shape index (κ3) is 3.26. The quantitative estimate of drug-likeness (QED) is 0.633. The van der Waals surface area contributed by atoms with Crippen molar-refractivity contribution in [2.75, 3.05) is 12.4 Å². The summed E-state index contributed by atoms with van der Waals surface area (Å²) in [6.07, 6.45) is 7.19. The van der Waals surface area contributed by atoms with Crippen molar-refractivity contribution in [1.82, 2.24) is 10.2 Å². The first-order chi connectivity index (χ1) is 13.4. The lowest BCUT2D eigenvalue weighted by Crippen LogP contribution is -2.49. The molecule has 1 aromatic heterocycles. The Kier molecular flexibility index (Phi) is 4.62. The molecule has 5 nitrogen and oxygen atoms in total. The van der Waals surface area contributed by atoms with Crippen molar-refractivity contribution in [3.63, 3.8) is 0 Å². The summed E-state index contributed by atoms with van der Waals surface area (Å²) in [6, 6.07) is 10.9. The van der Waals surface area contributed by atoms with Crippen LogP contribution in [-0.2, 0) is 4.74 Å². The number of aromatic hydroxyl groups is 1. The monoisotopic (exact) mass is 393 g/mol. The number of nitrogens with zero attached hydrogens (tertiary/aromatic N) is 2. The number of hydrogen-bond acceptors (Lipinski definition) is 5. The molecule has 0 aliphatic heterocycles. The predicted molar refractivity (Wildman–Crippen MR) is 112 cm³/mol. The summed E-state index contributed by atoms with van der Waals surface area (Å²) in [7, 11) is 1.73. The van der Waals surface area contributed by atoms with Gasteiger partial charge in [-0.1, -0.05) is 23.6 Å². The number of halogens is 1. The number of phenolic OH excluding ortho intramolecular Hbond substituents is 1. The maximum absolute atomic E-state index is 10.4. The van der Waals surface area contributed by atoms with Gasteiger partial charge >= 0.3 is 0 Å². The number of terminal acetylenes is 1. The first-order valence-corrected chi connectivity index (χ1v) is 9.38. The highest BCUT2D eigenvalue weighted by Crippen LogP contribution is 2.39. The number of rotatable bonds is 4. The van der Waals surface area contributed by atoms with E-state index < -0.39 is 0 Å². The fraction of sp³-hybridized carbons (Fsp3) is 0.273. The van der Waals surface area contributed by atoms with Crippen LogP contribution in [0.25, 0.3) is 22.0 Å². The van der Waals surface area contributed by atoms with Crippen molar-refractivity contribution in [3.8, 4) is 29.4 Å². The average Bonchev–Trinajstić information content (AvgIpc) is 2.67. The van der Waals surface area contributed by atoms with Crippen molar-refractivity contribution >= 4 is 28.2 Å². The normalized spacial score (nSPS) is 21.1. The van der Waals surface area contributed by atoms with Crippen LogP contribution < -0.4 is 5.32 Å². The molecule has 1 fully saturated rings. The van der Waals surface area contributed by atoms with Crippen molar-refractivity contribution in [2.24, 2.45) is 0 Å². The molecule has 3 aromatic rings. The van der Waals surface area contributed by atoms with Gasteiger partial charge in [-0.05, 0) is 50.1 Å². The fourth-order valence-electron chi connectivity index (χ4n) is 3.70. The molecule has 1 aliphatic rings. The van der Waals surface area contributed by atoms with Crippen LogP contribution in [0, 0.1) is 12.3 Å². The molecule has 1 aliphatic carbocycles. The zero-order valence-electron chi connectivity index (χ0n) is 15.7. The maximum atomic E-state index is 10.4. The van der Waals surface area contributed by atoms with Gasteiger partial charge in [0.15, 0.2) is 5.82 Å². The van der Waals surface area contributed by atoms with Gasteiger partial charge in [-0.15, -0.1) is 16.6 Å². The molecular weight excluding hydrogens is 374 g/mol. The van der Waals surface area contributed by atoms with Gasteiger partial charge in [0.2, 0.25) is 0 Å². The van der Waals surface area contributed by atoms with Crippen LogP contribution in [-0.4, -0.2) is 34.1 Å². The Morgan fingerprint density at radius 3 is 2.68 bits per heavy atom. The summed E-state index contributed by atoms with van der Waals surface area (Å²) in [5.74, 6) is 3.25. The van der Waals surface area contributed by atoms with E-state index in [1.807, 2.05) is 12.1 Å². The van der Waals surface area contributed by atoms with E-state index in [9.17, 15) is 5.11 Å². The zero-order valence-corrected chi connectivity index (χ0v) is 16.4. The van der Waals surface area contributed by atoms with Gasteiger partial charge in [0.05, 0.1) is 5.60 Å². The molecule has 0 saturated heterocycles. The van der Waals surface area contributed by atoms with E-state index >= 15 is 0 Å². The van der Waals surface area contributed by atoms with E-state index in [0.29, 0.717) is 27.7 Å². The lowest BCUT2D eigenvalue weighted by atomic mass is 9.77. The molecule has 0 spiro atoms. The summed E-state index contributed by atoms with van der Waals surface area (Å²) in [5, 5.41) is 25.0. The largest absolute Gasteiger partial charge is 0.507 e. The van der Waals surface area contributed by atoms with Gasteiger partial charge in [0, 0.05) is 40.1 Å². The smallest absolute Gasteiger partial charge is 0.156 e. The highest BCUT2D eigenvalue weighted by molar-refractivity contribution is 6.31. The second-order valence-electron chi connectivity index (χ2n) is 7.37. The van der Waals surface area contributed by atoms with Gasteiger partial charge in [0.25, 0.3) is 0 Å². The van der Waals surface area contributed by atoms with E-state index in [1.54, 1.807) is 31.4 Å².